The number of rotatable bonds is 6. The van der Waals surface area contributed by atoms with E-state index in [1.807, 2.05) is 48.8 Å². The second kappa shape index (κ2) is 6.74. The second-order valence-electron chi connectivity index (χ2n) is 4.74. The van der Waals surface area contributed by atoms with E-state index in [0.29, 0.717) is 24.8 Å². The largest absolute Gasteiger partial charge is 0.484 e. The molecule has 0 radical (unpaired) electrons. The zero-order valence-electron chi connectivity index (χ0n) is 13.9. The molecule has 3 aromatic rings. The zero-order chi connectivity index (χ0) is 16.3. The van der Waals surface area contributed by atoms with E-state index in [4.69, 9.17) is 7.48 Å². The van der Waals surface area contributed by atoms with E-state index >= 15 is 0 Å². The van der Waals surface area contributed by atoms with E-state index < -0.39 is 6.08 Å². The van der Waals surface area contributed by atoms with Crippen molar-refractivity contribution in [2.24, 2.45) is 0 Å². The molecular formula is C18H19NOS. The summed E-state index contributed by atoms with van der Waals surface area (Å²) in [5.74, 6) is 0.649. The Balaban J connectivity index is 2.02. The molecule has 0 spiro atoms. The molecule has 3 rings (SSSR count). The Labute approximate surface area is 132 Å². The van der Waals surface area contributed by atoms with Crippen LogP contribution in [0, 0.1) is 0 Å². The Hall–Kier alpha value is -1.84. The van der Waals surface area contributed by atoms with Crippen LogP contribution >= 0.6 is 11.3 Å². The van der Waals surface area contributed by atoms with Crippen LogP contribution in [-0.4, -0.2) is 13.6 Å². The highest BCUT2D eigenvalue weighted by Crippen LogP contribution is 2.32. The Morgan fingerprint density at radius 3 is 2.95 bits per heavy atom. The lowest BCUT2D eigenvalue weighted by Crippen LogP contribution is -2.15. The summed E-state index contributed by atoms with van der Waals surface area (Å²) in [6, 6.07) is 15.6. The van der Waals surface area contributed by atoms with Gasteiger partial charge in [0.05, 0.1) is 2.74 Å². The molecule has 1 N–H and O–H groups in total. The molecule has 0 saturated carbocycles. The predicted molar refractivity (Wildman–Crippen MR) is 90.2 cm³/mol. The lowest BCUT2D eigenvalue weighted by Gasteiger charge is -2.19. The molecule has 1 unspecified atom stereocenters. The number of benzene rings is 2. The maximum absolute atomic E-state index is 8.85. The van der Waals surface area contributed by atoms with Crippen LogP contribution in [0.2, 0.25) is 0 Å². The first kappa shape index (κ1) is 11.8. The maximum atomic E-state index is 8.85. The van der Waals surface area contributed by atoms with Gasteiger partial charge >= 0.3 is 0 Å². The molecule has 3 heteroatoms. The molecule has 21 heavy (non-hydrogen) atoms. The van der Waals surface area contributed by atoms with E-state index in [9.17, 15) is 0 Å². The van der Waals surface area contributed by atoms with E-state index in [1.54, 1.807) is 12.1 Å². The summed E-state index contributed by atoms with van der Waals surface area (Å²) in [6.07, 6.45) is -0.593. The van der Waals surface area contributed by atoms with Crippen molar-refractivity contribution in [3.63, 3.8) is 0 Å². The Morgan fingerprint density at radius 1 is 1.24 bits per heavy atom. The Morgan fingerprint density at radius 2 is 2.14 bits per heavy atom. The smallest absolute Gasteiger partial charge is 0.134 e. The minimum Gasteiger partial charge on any atom is -0.484 e. The van der Waals surface area contributed by atoms with Gasteiger partial charge in [0.1, 0.15) is 11.8 Å². The van der Waals surface area contributed by atoms with Gasteiger partial charge in [0.2, 0.25) is 0 Å². The number of hydrogen-bond donors (Lipinski definition) is 1. The standard InChI is InChI=1S/C18H19NOS/c1-19-12-11-17(18-10-5-13-21-18)20-16-9-4-7-14-6-2-3-8-15(14)16/h2-10,13,17,19H,11-12H2,1H3/i7D,17D. The summed E-state index contributed by atoms with van der Waals surface area (Å²) >= 11 is 1.53. The van der Waals surface area contributed by atoms with Crippen molar-refractivity contribution in [3.05, 3.63) is 64.8 Å². The fourth-order valence-electron chi connectivity index (χ4n) is 2.24. The van der Waals surface area contributed by atoms with Gasteiger partial charge in [0, 0.05) is 16.7 Å². The van der Waals surface area contributed by atoms with E-state index in [2.05, 4.69) is 5.32 Å². The molecule has 1 atom stereocenters. The monoisotopic (exact) mass is 299 g/mol. The van der Waals surface area contributed by atoms with Gasteiger partial charge in [0.15, 0.2) is 0 Å². The summed E-state index contributed by atoms with van der Waals surface area (Å²) in [6.45, 7) is 0.690. The summed E-state index contributed by atoms with van der Waals surface area (Å²) in [5, 5.41) is 6.77. The lowest BCUT2D eigenvalue weighted by molar-refractivity contribution is 0.201. The first-order valence-corrected chi connectivity index (χ1v) is 7.88. The molecule has 0 fully saturated rings. The molecule has 0 amide bonds. The zero-order valence-corrected chi connectivity index (χ0v) is 12.7. The molecule has 108 valence electrons. The van der Waals surface area contributed by atoms with Gasteiger partial charge in [0.25, 0.3) is 0 Å². The van der Waals surface area contributed by atoms with Crippen LogP contribution in [0.5, 0.6) is 5.75 Å². The van der Waals surface area contributed by atoms with E-state index in [-0.39, 0.29) is 0 Å². The molecule has 0 bridgehead atoms. The average molecular weight is 299 g/mol. The lowest BCUT2D eigenvalue weighted by atomic mass is 10.1. The van der Waals surface area contributed by atoms with Crippen LogP contribution in [0.25, 0.3) is 10.8 Å². The highest BCUT2D eigenvalue weighted by Gasteiger charge is 2.15. The maximum Gasteiger partial charge on any atom is 0.134 e. The van der Waals surface area contributed by atoms with E-state index in [0.717, 1.165) is 15.6 Å². The van der Waals surface area contributed by atoms with Crippen molar-refractivity contribution < 1.29 is 7.48 Å². The third-order valence-electron chi connectivity index (χ3n) is 3.30. The number of ether oxygens (including phenoxy) is 1. The predicted octanol–water partition coefficient (Wildman–Crippen LogP) is 4.63. The second-order valence-corrected chi connectivity index (χ2v) is 5.69. The van der Waals surface area contributed by atoms with Crippen LogP contribution in [0.3, 0.4) is 0 Å². The molecule has 0 aliphatic carbocycles. The van der Waals surface area contributed by atoms with Gasteiger partial charge in [-0.3, -0.25) is 0 Å². The summed E-state index contributed by atoms with van der Waals surface area (Å²) < 4.78 is 23.1. The van der Waals surface area contributed by atoms with Gasteiger partial charge in [-0.05, 0) is 36.5 Å². The van der Waals surface area contributed by atoms with Crippen molar-refractivity contribution in [3.8, 4) is 5.75 Å². The number of nitrogens with one attached hydrogen (secondary N) is 1. The summed E-state index contributed by atoms with van der Waals surface area (Å²) in [4.78, 5) is 0.881. The first-order chi connectivity index (χ1) is 11.1. The normalized spacial score (nSPS) is 15.3. The van der Waals surface area contributed by atoms with Gasteiger partial charge in [-0.1, -0.05) is 42.4 Å². The summed E-state index contributed by atoms with van der Waals surface area (Å²) in [7, 11) is 1.87. The third kappa shape index (κ3) is 3.26. The van der Waals surface area contributed by atoms with Crippen molar-refractivity contribution in [1.82, 2.24) is 5.32 Å². The van der Waals surface area contributed by atoms with Crippen molar-refractivity contribution in [1.29, 1.82) is 0 Å². The molecular weight excluding hydrogens is 278 g/mol. The fraction of sp³-hybridized carbons (Fsp3) is 0.222. The minimum atomic E-state index is -1.14. The van der Waals surface area contributed by atoms with Gasteiger partial charge < -0.3 is 10.1 Å². The van der Waals surface area contributed by atoms with Crippen LogP contribution in [-0.2, 0) is 0 Å². The topological polar surface area (TPSA) is 21.3 Å². The molecule has 0 aliphatic rings. The third-order valence-corrected chi connectivity index (χ3v) is 4.21. The van der Waals surface area contributed by atoms with Crippen LogP contribution < -0.4 is 10.1 Å². The molecule has 1 heterocycles. The number of thiophene rings is 1. The van der Waals surface area contributed by atoms with Crippen LogP contribution in [0.15, 0.2) is 60.0 Å². The number of fused-ring (bicyclic) bond motifs is 1. The molecule has 1 aromatic heterocycles. The Bertz CT molecular complexity index is 791. The summed E-state index contributed by atoms with van der Waals surface area (Å²) in [5.41, 5.74) is 0. The van der Waals surface area contributed by atoms with E-state index in [1.165, 1.54) is 11.3 Å². The quantitative estimate of drug-likeness (QED) is 0.716. The fourth-order valence-corrected chi connectivity index (χ4v) is 2.98. The van der Waals surface area contributed by atoms with Gasteiger partial charge in [-0.15, -0.1) is 11.3 Å². The highest BCUT2D eigenvalue weighted by molar-refractivity contribution is 7.10. The minimum absolute atomic E-state index is 0.467. The van der Waals surface area contributed by atoms with Crippen LogP contribution in [0.4, 0.5) is 0 Å². The molecule has 0 aliphatic heterocycles. The SMILES string of the molecule is [2H]c1ccc(OC([2H])(CCNC)c2cccs2)c2ccccc12. The number of hydrogen-bond acceptors (Lipinski definition) is 3. The van der Waals surface area contributed by atoms with Gasteiger partial charge in [-0.2, -0.15) is 0 Å². The van der Waals surface area contributed by atoms with Crippen molar-refractivity contribution in [2.45, 2.75) is 12.5 Å². The highest BCUT2D eigenvalue weighted by atomic mass is 32.1. The van der Waals surface area contributed by atoms with Crippen molar-refractivity contribution >= 4 is 22.1 Å². The molecule has 2 aromatic carbocycles. The van der Waals surface area contributed by atoms with Crippen LogP contribution in [0.1, 0.15) is 20.1 Å². The molecule has 2 nitrogen and oxygen atoms in total. The first-order valence-electron chi connectivity index (χ1n) is 8.00. The van der Waals surface area contributed by atoms with Crippen molar-refractivity contribution in [2.75, 3.05) is 13.6 Å². The van der Waals surface area contributed by atoms with Gasteiger partial charge in [-0.25, -0.2) is 0 Å². The Kier molecular flexibility index (Phi) is 3.78. The molecule has 0 saturated heterocycles. The average Bonchev–Trinajstić information content (AvgIpc) is 3.11.